The molecular weight excluding hydrogens is 228 g/mol. The first kappa shape index (κ1) is 12.9. The fraction of sp³-hybridized carbons (Fsp3) is 0.643. The minimum Gasteiger partial charge on any atom is -0.307 e. The van der Waals surface area contributed by atoms with E-state index in [0.717, 1.165) is 0 Å². The molecule has 1 aromatic rings. The second-order valence-electron chi connectivity index (χ2n) is 5.75. The molecule has 2 heterocycles. The Hall–Kier alpha value is -0.540. The summed E-state index contributed by atoms with van der Waals surface area (Å²) < 4.78 is 0. The van der Waals surface area contributed by atoms with Crippen molar-refractivity contribution in [3.05, 3.63) is 30.1 Å². The van der Waals surface area contributed by atoms with Crippen LogP contribution in [0.4, 0.5) is 0 Å². The van der Waals surface area contributed by atoms with E-state index < -0.39 is 0 Å². The van der Waals surface area contributed by atoms with Crippen LogP contribution in [0.3, 0.4) is 0 Å². The molecule has 0 radical (unpaired) electrons. The molecule has 1 fully saturated rings. The summed E-state index contributed by atoms with van der Waals surface area (Å²) in [7, 11) is 0. The van der Waals surface area contributed by atoms with Gasteiger partial charge in [-0.1, -0.05) is 13.8 Å². The summed E-state index contributed by atoms with van der Waals surface area (Å²) in [4.78, 5) is 4.07. The van der Waals surface area contributed by atoms with Gasteiger partial charge in [0, 0.05) is 30.2 Å². The molecule has 0 aliphatic carbocycles. The Kier molecular flexibility index (Phi) is 4.10. The molecule has 0 bridgehead atoms. The van der Waals surface area contributed by atoms with Gasteiger partial charge < -0.3 is 5.32 Å². The lowest BCUT2D eigenvalue weighted by molar-refractivity contribution is 0.305. The molecule has 2 atom stereocenters. The molecule has 1 aliphatic rings. The lowest BCUT2D eigenvalue weighted by Crippen LogP contribution is -2.41. The standard InChI is InChI=1S/C14H22N2S/c1-11(12-4-6-15-7-5-12)16-13-8-14(2,3)10-17-9-13/h4-7,11,13,16H,8-10H2,1-3H3/t11-,13?/m1/s1. The lowest BCUT2D eigenvalue weighted by atomic mass is 9.87. The second kappa shape index (κ2) is 5.40. The number of pyridine rings is 1. The first-order valence-corrected chi connectivity index (χ1v) is 7.46. The van der Waals surface area contributed by atoms with Gasteiger partial charge in [0.05, 0.1) is 0 Å². The zero-order chi connectivity index (χ0) is 12.3. The van der Waals surface area contributed by atoms with Crippen LogP contribution in [-0.4, -0.2) is 22.5 Å². The number of nitrogens with one attached hydrogen (secondary N) is 1. The van der Waals surface area contributed by atoms with Gasteiger partial charge in [0.25, 0.3) is 0 Å². The first-order chi connectivity index (χ1) is 8.07. The van der Waals surface area contributed by atoms with E-state index in [4.69, 9.17) is 0 Å². The van der Waals surface area contributed by atoms with E-state index in [-0.39, 0.29) is 0 Å². The average molecular weight is 250 g/mol. The molecule has 1 aromatic heterocycles. The van der Waals surface area contributed by atoms with Crippen LogP contribution in [0.25, 0.3) is 0 Å². The fourth-order valence-electron chi connectivity index (χ4n) is 2.47. The predicted octanol–water partition coefficient (Wildman–Crippen LogP) is 3.26. The van der Waals surface area contributed by atoms with E-state index in [1.165, 1.54) is 23.5 Å². The molecule has 1 unspecified atom stereocenters. The van der Waals surface area contributed by atoms with Crippen LogP contribution < -0.4 is 5.32 Å². The predicted molar refractivity (Wildman–Crippen MR) is 75.3 cm³/mol. The zero-order valence-corrected chi connectivity index (χ0v) is 11.8. The van der Waals surface area contributed by atoms with Crippen molar-refractivity contribution in [2.75, 3.05) is 11.5 Å². The highest BCUT2D eigenvalue weighted by molar-refractivity contribution is 7.99. The number of nitrogens with zero attached hydrogens (tertiary/aromatic N) is 1. The van der Waals surface area contributed by atoms with Crippen LogP contribution in [0.2, 0.25) is 0 Å². The van der Waals surface area contributed by atoms with Gasteiger partial charge in [-0.05, 0) is 42.2 Å². The SMILES string of the molecule is C[C@@H](NC1CSCC(C)(C)C1)c1ccncc1. The molecule has 2 rings (SSSR count). The smallest absolute Gasteiger partial charge is 0.0295 e. The Morgan fingerprint density at radius 2 is 2.12 bits per heavy atom. The molecule has 1 saturated heterocycles. The van der Waals surface area contributed by atoms with Crippen molar-refractivity contribution in [3.63, 3.8) is 0 Å². The molecule has 2 nitrogen and oxygen atoms in total. The second-order valence-corrected chi connectivity index (χ2v) is 6.78. The Bertz CT molecular complexity index is 350. The summed E-state index contributed by atoms with van der Waals surface area (Å²) in [6.45, 7) is 6.97. The molecular formula is C14H22N2S. The molecule has 0 aromatic carbocycles. The quantitative estimate of drug-likeness (QED) is 0.891. The maximum Gasteiger partial charge on any atom is 0.0295 e. The van der Waals surface area contributed by atoms with Gasteiger partial charge in [0.1, 0.15) is 0 Å². The first-order valence-electron chi connectivity index (χ1n) is 6.30. The number of thioether (sulfide) groups is 1. The number of rotatable bonds is 3. The Morgan fingerprint density at radius 3 is 2.76 bits per heavy atom. The zero-order valence-electron chi connectivity index (χ0n) is 10.9. The normalized spacial score (nSPS) is 25.5. The van der Waals surface area contributed by atoms with Crippen LogP contribution in [0, 0.1) is 5.41 Å². The van der Waals surface area contributed by atoms with Crippen molar-refractivity contribution in [1.29, 1.82) is 0 Å². The van der Waals surface area contributed by atoms with Gasteiger partial charge in [-0.25, -0.2) is 0 Å². The summed E-state index contributed by atoms with van der Waals surface area (Å²) in [5.41, 5.74) is 1.80. The number of hydrogen-bond donors (Lipinski definition) is 1. The van der Waals surface area contributed by atoms with E-state index in [2.05, 4.69) is 55.0 Å². The molecule has 0 saturated carbocycles. The van der Waals surface area contributed by atoms with Crippen LogP contribution in [0.1, 0.15) is 38.8 Å². The van der Waals surface area contributed by atoms with Gasteiger partial charge in [0.15, 0.2) is 0 Å². The van der Waals surface area contributed by atoms with Crippen molar-refractivity contribution in [2.45, 2.75) is 39.3 Å². The summed E-state index contributed by atoms with van der Waals surface area (Å²) in [5, 5.41) is 3.74. The van der Waals surface area contributed by atoms with Gasteiger partial charge in [0.2, 0.25) is 0 Å². The Morgan fingerprint density at radius 1 is 1.41 bits per heavy atom. The van der Waals surface area contributed by atoms with E-state index in [9.17, 15) is 0 Å². The fourth-order valence-corrected chi connectivity index (χ4v) is 3.76. The maximum absolute atomic E-state index is 4.07. The molecule has 3 heteroatoms. The molecule has 0 spiro atoms. The topological polar surface area (TPSA) is 24.9 Å². The molecule has 1 aliphatic heterocycles. The van der Waals surface area contributed by atoms with E-state index in [0.29, 0.717) is 17.5 Å². The lowest BCUT2D eigenvalue weighted by Gasteiger charge is -2.36. The summed E-state index contributed by atoms with van der Waals surface area (Å²) in [6, 6.07) is 5.24. The highest BCUT2D eigenvalue weighted by Crippen LogP contribution is 2.34. The summed E-state index contributed by atoms with van der Waals surface area (Å²) >= 11 is 2.07. The minimum absolute atomic E-state index is 0.414. The molecule has 1 N–H and O–H groups in total. The molecule has 17 heavy (non-hydrogen) atoms. The number of hydrogen-bond acceptors (Lipinski definition) is 3. The van der Waals surface area contributed by atoms with Gasteiger partial charge in [-0.2, -0.15) is 11.8 Å². The van der Waals surface area contributed by atoms with Crippen molar-refractivity contribution in [2.24, 2.45) is 5.41 Å². The largest absolute Gasteiger partial charge is 0.307 e. The van der Waals surface area contributed by atoms with Crippen molar-refractivity contribution in [3.8, 4) is 0 Å². The minimum atomic E-state index is 0.414. The highest BCUT2D eigenvalue weighted by atomic mass is 32.2. The average Bonchev–Trinajstić information content (AvgIpc) is 2.29. The molecule has 94 valence electrons. The van der Waals surface area contributed by atoms with Crippen molar-refractivity contribution < 1.29 is 0 Å². The van der Waals surface area contributed by atoms with Gasteiger partial charge >= 0.3 is 0 Å². The van der Waals surface area contributed by atoms with Crippen molar-refractivity contribution >= 4 is 11.8 Å². The third-order valence-corrected chi connectivity index (χ3v) is 4.93. The third kappa shape index (κ3) is 3.71. The van der Waals surface area contributed by atoms with E-state index >= 15 is 0 Å². The van der Waals surface area contributed by atoms with Crippen LogP contribution in [0.5, 0.6) is 0 Å². The summed E-state index contributed by atoms with van der Waals surface area (Å²) in [5.74, 6) is 2.52. The maximum atomic E-state index is 4.07. The van der Waals surface area contributed by atoms with Gasteiger partial charge in [-0.3, -0.25) is 4.98 Å². The number of aromatic nitrogens is 1. The van der Waals surface area contributed by atoms with Crippen LogP contribution in [-0.2, 0) is 0 Å². The third-order valence-electron chi connectivity index (χ3n) is 3.30. The van der Waals surface area contributed by atoms with Crippen LogP contribution >= 0.6 is 11.8 Å². The van der Waals surface area contributed by atoms with Gasteiger partial charge in [-0.15, -0.1) is 0 Å². The summed E-state index contributed by atoms with van der Waals surface area (Å²) in [6.07, 6.45) is 5.01. The van der Waals surface area contributed by atoms with Crippen LogP contribution in [0.15, 0.2) is 24.5 Å². The molecule has 0 amide bonds. The van der Waals surface area contributed by atoms with E-state index in [1.54, 1.807) is 0 Å². The highest BCUT2D eigenvalue weighted by Gasteiger charge is 2.29. The monoisotopic (exact) mass is 250 g/mol. The van der Waals surface area contributed by atoms with E-state index in [1.807, 2.05) is 12.4 Å². The van der Waals surface area contributed by atoms with Crippen molar-refractivity contribution in [1.82, 2.24) is 10.3 Å². The Balaban J connectivity index is 1.93. The Labute approximate surface area is 109 Å².